The zero-order valence-corrected chi connectivity index (χ0v) is 13.5. The van der Waals surface area contributed by atoms with E-state index in [2.05, 4.69) is 15.4 Å². The monoisotopic (exact) mass is 316 g/mol. The molecule has 0 spiro atoms. The molecular formula is C16H20N4O3. The fraction of sp³-hybridized carbons (Fsp3) is 0.438. The minimum atomic E-state index is -0.992. The van der Waals surface area contributed by atoms with Gasteiger partial charge in [0.1, 0.15) is 6.54 Å². The molecule has 1 aromatic carbocycles. The molecule has 1 N–H and O–H groups in total. The summed E-state index contributed by atoms with van der Waals surface area (Å²) < 4.78 is 0. The third kappa shape index (κ3) is 4.45. The molecule has 0 fully saturated rings. The van der Waals surface area contributed by atoms with Gasteiger partial charge >= 0.3 is 5.97 Å². The quantitative estimate of drug-likeness (QED) is 0.832. The van der Waals surface area contributed by atoms with Gasteiger partial charge in [0, 0.05) is 12.3 Å². The van der Waals surface area contributed by atoms with Crippen LogP contribution in [0.2, 0.25) is 0 Å². The topological polar surface area (TPSA) is 98.0 Å². The molecule has 0 saturated heterocycles. The lowest BCUT2D eigenvalue weighted by molar-refractivity contribution is -0.140. The first kappa shape index (κ1) is 16.8. The number of ketones is 1. The second kappa shape index (κ2) is 7.13. The number of carbonyl (C=O) groups excluding carboxylic acids is 1. The van der Waals surface area contributed by atoms with Gasteiger partial charge in [0.05, 0.1) is 6.42 Å². The van der Waals surface area contributed by atoms with E-state index in [9.17, 15) is 9.59 Å². The minimum Gasteiger partial charge on any atom is -0.481 e. The summed E-state index contributed by atoms with van der Waals surface area (Å²) >= 11 is 0. The van der Waals surface area contributed by atoms with Crippen LogP contribution < -0.4 is 0 Å². The summed E-state index contributed by atoms with van der Waals surface area (Å²) in [4.78, 5) is 23.8. The Bertz CT molecular complexity index is 704. The zero-order valence-electron chi connectivity index (χ0n) is 13.5. The van der Waals surface area contributed by atoms with E-state index in [0.29, 0.717) is 12.2 Å². The van der Waals surface area contributed by atoms with Crippen molar-refractivity contribution in [3.05, 3.63) is 40.7 Å². The highest BCUT2D eigenvalue weighted by molar-refractivity contribution is 5.84. The number of carboxylic acids is 1. The van der Waals surface area contributed by atoms with E-state index >= 15 is 0 Å². The summed E-state index contributed by atoms with van der Waals surface area (Å²) in [6.45, 7) is 5.59. The summed E-state index contributed by atoms with van der Waals surface area (Å²) in [5.41, 5.74) is 3.47. The summed E-state index contributed by atoms with van der Waals surface area (Å²) in [6, 6.07) is 6.06. The lowest BCUT2D eigenvalue weighted by Crippen LogP contribution is -2.21. The van der Waals surface area contributed by atoms with Crippen LogP contribution in [-0.4, -0.2) is 37.1 Å². The number of rotatable bonds is 7. The van der Waals surface area contributed by atoms with E-state index in [1.807, 2.05) is 32.0 Å². The first-order chi connectivity index (χ1) is 10.9. The van der Waals surface area contributed by atoms with Gasteiger partial charge in [0.2, 0.25) is 0 Å². The Morgan fingerprint density at radius 1 is 1.26 bits per heavy atom. The highest BCUT2D eigenvalue weighted by atomic mass is 16.4. The second-order valence-electron chi connectivity index (χ2n) is 5.75. The van der Waals surface area contributed by atoms with Crippen LogP contribution >= 0.6 is 0 Å². The van der Waals surface area contributed by atoms with E-state index in [4.69, 9.17) is 5.11 Å². The van der Waals surface area contributed by atoms with E-state index < -0.39 is 11.9 Å². The first-order valence-corrected chi connectivity index (χ1v) is 7.43. The molecule has 1 atom stereocenters. The van der Waals surface area contributed by atoms with Crippen LogP contribution in [0, 0.1) is 19.8 Å². The molecule has 0 saturated carbocycles. The van der Waals surface area contributed by atoms with Crippen molar-refractivity contribution >= 4 is 11.8 Å². The molecule has 0 radical (unpaired) electrons. The Morgan fingerprint density at radius 2 is 1.91 bits per heavy atom. The number of Topliss-reactive ketones (excluding diaryl/α,β-unsaturated/α-hetero) is 1. The molecule has 1 unspecified atom stereocenters. The second-order valence-corrected chi connectivity index (χ2v) is 5.75. The maximum atomic E-state index is 11.9. The van der Waals surface area contributed by atoms with Crippen molar-refractivity contribution in [2.24, 2.45) is 5.92 Å². The van der Waals surface area contributed by atoms with Crippen molar-refractivity contribution in [1.29, 1.82) is 0 Å². The smallest absolute Gasteiger partial charge is 0.304 e. The van der Waals surface area contributed by atoms with Crippen molar-refractivity contribution in [2.45, 2.75) is 40.2 Å². The molecule has 0 amide bonds. The number of hydrogen-bond acceptors (Lipinski definition) is 5. The average molecular weight is 316 g/mol. The van der Waals surface area contributed by atoms with E-state index in [1.165, 1.54) is 4.80 Å². The Labute approximate surface area is 134 Å². The van der Waals surface area contributed by atoms with Crippen LogP contribution in [0.15, 0.2) is 18.2 Å². The molecular weight excluding hydrogens is 296 g/mol. The maximum Gasteiger partial charge on any atom is 0.304 e. The number of tetrazole rings is 1. The lowest BCUT2D eigenvalue weighted by atomic mass is 10.00. The molecule has 0 aliphatic heterocycles. The van der Waals surface area contributed by atoms with E-state index in [0.717, 1.165) is 16.7 Å². The zero-order chi connectivity index (χ0) is 17.0. The van der Waals surface area contributed by atoms with Crippen LogP contribution in [0.25, 0.3) is 0 Å². The van der Waals surface area contributed by atoms with Gasteiger partial charge in [0.25, 0.3) is 0 Å². The molecule has 2 rings (SSSR count). The van der Waals surface area contributed by atoms with Gasteiger partial charge in [-0.05, 0) is 35.8 Å². The van der Waals surface area contributed by atoms with Crippen molar-refractivity contribution in [3.63, 3.8) is 0 Å². The lowest BCUT2D eigenvalue weighted by Gasteiger charge is -2.07. The van der Waals surface area contributed by atoms with Crippen LogP contribution in [0.5, 0.6) is 0 Å². The van der Waals surface area contributed by atoms with Crippen LogP contribution in [0.3, 0.4) is 0 Å². The molecule has 7 nitrogen and oxygen atoms in total. The van der Waals surface area contributed by atoms with Crippen molar-refractivity contribution in [2.75, 3.05) is 0 Å². The van der Waals surface area contributed by atoms with Crippen LogP contribution in [0.1, 0.15) is 35.9 Å². The predicted molar refractivity (Wildman–Crippen MR) is 83.0 cm³/mol. The van der Waals surface area contributed by atoms with Crippen molar-refractivity contribution in [1.82, 2.24) is 20.2 Å². The largest absolute Gasteiger partial charge is 0.481 e. The highest BCUT2D eigenvalue weighted by Crippen LogP contribution is 2.15. The van der Waals surface area contributed by atoms with Gasteiger partial charge in [-0.3, -0.25) is 9.59 Å². The third-order valence-electron chi connectivity index (χ3n) is 3.80. The summed E-state index contributed by atoms with van der Waals surface area (Å²) in [6.07, 6.45) is 0.361. The number of aryl methyl sites for hydroxylation is 2. The molecule has 0 aliphatic rings. The average Bonchev–Trinajstić information content (AvgIpc) is 2.89. The van der Waals surface area contributed by atoms with Crippen molar-refractivity contribution < 1.29 is 14.7 Å². The molecule has 23 heavy (non-hydrogen) atoms. The SMILES string of the molecule is Cc1cccc(C)c1Cc1nnn(CC(=O)C(C)CC(=O)O)n1. The summed E-state index contributed by atoms with van der Waals surface area (Å²) in [5, 5.41) is 20.8. The minimum absolute atomic E-state index is 0.0613. The summed E-state index contributed by atoms with van der Waals surface area (Å²) in [7, 11) is 0. The molecule has 1 aromatic heterocycles. The van der Waals surface area contributed by atoms with Gasteiger partial charge in [-0.15, -0.1) is 10.2 Å². The molecule has 122 valence electrons. The molecule has 0 bridgehead atoms. The maximum absolute atomic E-state index is 11.9. The number of carbonyl (C=O) groups is 2. The Hall–Kier alpha value is -2.57. The number of hydrogen-bond donors (Lipinski definition) is 1. The van der Waals surface area contributed by atoms with E-state index in [1.54, 1.807) is 6.92 Å². The highest BCUT2D eigenvalue weighted by Gasteiger charge is 2.18. The van der Waals surface area contributed by atoms with Gasteiger partial charge in [-0.2, -0.15) is 4.80 Å². The van der Waals surface area contributed by atoms with Gasteiger partial charge in [-0.1, -0.05) is 25.1 Å². The fourth-order valence-corrected chi connectivity index (χ4v) is 2.37. The number of carboxylic acid groups (broad SMARTS) is 1. The fourth-order valence-electron chi connectivity index (χ4n) is 2.37. The Morgan fingerprint density at radius 3 is 2.52 bits per heavy atom. The van der Waals surface area contributed by atoms with E-state index in [-0.39, 0.29) is 18.7 Å². The predicted octanol–water partition coefficient (Wildman–Crippen LogP) is 1.56. The standard InChI is InChI=1S/C16H20N4O3/c1-10-5-4-6-11(2)13(10)8-15-17-19-20(18-15)9-14(21)12(3)7-16(22)23/h4-6,12H,7-9H2,1-3H3,(H,22,23). The molecule has 7 heteroatoms. The molecule has 1 heterocycles. The van der Waals surface area contributed by atoms with Gasteiger partial charge < -0.3 is 5.11 Å². The van der Waals surface area contributed by atoms with Crippen molar-refractivity contribution in [3.8, 4) is 0 Å². The van der Waals surface area contributed by atoms with Gasteiger partial charge in [-0.25, -0.2) is 0 Å². The summed E-state index contributed by atoms with van der Waals surface area (Å²) in [5.74, 6) is -1.24. The Kier molecular flexibility index (Phi) is 5.20. The number of benzene rings is 1. The third-order valence-corrected chi connectivity index (χ3v) is 3.80. The van der Waals surface area contributed by atoms with Crippen LogP contribution in [-0.2, 0) is 22.6 Å². The molecule has 0 aliphatic carbocycles. The Balaban J connectivity index is 2.04. The first-order valence-electron chi connectivity index (χ1n) is 7.43. The number of aromatic nitrogens is 4. The van der Waals surface area contributed by atoms with Crippen LogP contribution in [0.4, 0.5) is 0 Å². The molecule has 2 aromatic rings. The number of nitrogens with zero attached hydrogens (tertiary/aromatic N) is 4. The van der Waals surface area contributed by atoms with Gasteiger partial charge in [0.15, 0.2) is 11.6 Å². The normalized spacial score (nSPS) is 12.1. The number of aliphatic carboxylic acids is 1.